The second kappa shape index (κ2) is 25.8. The van der Waals surface area contributed by atoms with Crippen molar-refractivity contribution in [2.24, 2.45) is 11.8 Å². The number of rotatable bonds is 22. The summed E-state index contributed by atoms with van der Waals surface area (Å²) in [5.41, 5.74) is 22.6. The summed E-state index contributed by atoms with van der Waals surface area (Å²) in [5.74, 6) is 1.29. The fourth-order valence-electron chi connectivity index (χ4n) is 14.7. The van der Waals surface area contributed by atoms with Crippen LogP contribution in [0.4, 0.5) is 34.1 Å². The molecule has 0 heterocycles. The lowest BCUT2D eigenvalue weighted by molar-refractivity contribution is 0.260. The Morgan fingerprint density at radius 2 is 0.529 bits per heavy atom. The highest BCUT2D eigenvalue weighted by Crippen LogP contribution is 2.58. The molecule has 0 saturated heterocycles. The molecule has 0 saturated carbocycles. The summed E-state index contributed by atoms with van der Waals surface area (Å²) in [4.78, 5) is 4.72. The van der Waals surface area contributed by atoms with E-state index in [1.54, 1.807) is 11.1 Å². The van der Waals surface area contributed by atoms with Gasteiger partial charge in [-0.25, -0.2) is 0 Å². The first kappa shape index (κ1) is 56.9. The molecule has 1 aliphatic carbocycles. The second-order valence-corrected chi connectivity index (χ2v) is 24.6. The standard InChI is InChI=1S/C85H80N2/c1-5-19-61(20-6-2)59-85(60-62(21-7-3)22-8-4)83-57-73(69-35-31-65(32-36-69)67-39-47-77(48-40-67)86(75-27-11-9-12-28-75)79-51-43-63-23-15-17-25-71(63)55-79)45-53-81(83)82-54-46-74(58-84(82)85)70-37-33-66(34-38-70)68-41-49-78(50-42-68)87(76-29-13-10-14-30-76)80-52-44-64-24-16-18-26-72(64)56-80/h9-18,23-58,61-62H,5-8,19-22,59-60H2,1-4H3. The maximum absolute atomic E-state index is 2.63. The normalized spacial score (nSPS) is 12.4. The zero-order valence-electron chi connectivity index (χ0n) is 51.2. The molecule has 0 aromatic heterocycles. The average Bonchev–Trinajstić information content (AvgIpc) is 1.72. The van der Waals surface area contributed by atoms with Gasteiger partial charge in [-0.05, 0) is 198 Å². The Hall–Kier alpha value is -9.24. The van der Waals surface area contributed by atoms with Crippen LogP contribution in [0.3, 0.4) is 0 Å². The van der Waals surface area contributed by atoms with Crippen LogP contribution in [0.1, 0.15) is 103 Å². The molecule has 2 heteroatoms. The zero-order chi connectivity index (χ0) is 59.1. The molecule has 12 aromatic rings. The summed E-state index contributed by atoms with van der Waals surface area (Å²) in [7, 11) is 0. The Morgan fingerprint density at radius 1 is 0.253 bits per heavy atom. The summed E-state index contributed by atoms with van der Waals surface area (Å²) >= 11 is 0. The lowest BCUT2D eigenvalue weighted by Crippen LogP contribution is -2.32. The SMILES string of the molecule is CCCC(CCC)CC1(CC(CCC)CCC)c2cc(-c3ccc(-c4ccc(N(c5ccccc5)c5ccc6ccccc6c5)cc4)cc3)ccc2-c2ccc(-c3ccc(-c4ccc(N(c5ccccc5)c5ccc6ccccc6c5)cc4)cc3)cc21. The number of para-hydroxylation sites is 2. The van der Waals surface area contributed by atoms with E-state index < -0.39 is 0 Å². The smallest absolute Gasteiger partial charge is 0.0468 e. The Morgan fingerprint density at radius 3 is 0.874 bits per heavy atom. The monoisotopic (exact) mass is 1130 g/mol. The van der Waals surface area contributed by atoms with Crippen molar-refractivity contribution < 1.29 is 0 Å². The molecule has 0 bridgehead atoms. The highest BCUT2D eigenvalue weighted by atomic mass is 15.1. The Kier molecular flexibility index (Phi) is 16.8. The van der Waals surface area contributed by atoms with Crippen molar-refractivity contribution in [3.8, 4) is 55.6 Å². The van der Waals surface area contributed by atoms with Crippen molar-refractivity contribution in [2.45, 2.75) is 97.3 Å². The van der Waals surface area contributed by atoms with Crippen LogP contribution in [0, 0.1) is 11.8 Å². The van der Waals surface area contributed by atoms with E-state index in [4.69, 9.17) is 0 Å². The first-order valence-electron chi connectivity index (χ1n) is 32.3. The van der Waals surface area contributed by atoms with E-state index in [-0.39, 0.29) is 5.41 Å². The lowest BCUT2D eigenvalue weighted by atomic mass is 9.64. The van der Waals surface area contributed by atoms with Crippen LogP contribution in [0.5, 0.6) is 0 Å². The van der Waals surface area contributed by atoms with E-state index >= 15 is 0 Å². The molecule has 0 atom stereocenters. The van der Waals surface area contributed by atoms with Crippen LogP contribution < -0.4 is 9.80 Å². The lowest BCUT2D eigenvalue weighted by Gasteiger charge is -2.39. The number of nitrogens with zero attached hydrogens (tertiary/aromatic N) is 2. The number of hydrogen-bond acceptors (Lipinski definition) is 2. The van der Waals surface area contributed by atoms with Gasteiger partial charge >= 0.3 is 0 Å². The van der Waals surface area contributed by atoms with Gasteiger partial charge in [-0.15, -0.1) is 0 Å². The second-order valence-electron chi connectivity index (χ2n) is 24.6. The highest BCUT2D eigenvalue weighted by Gasteiger charge is 2.46. The van der Waals surface area contributed by atoms with Crippen molar-refractivity contribution in [2.75, 3.05) is 9.80 Å². The van der Waals surface area contributed by atoms with Crippen molar-refractivity contribution >= 4 is 55.7 Å². The van der Waals surface area contributed by atoms with Crippen LogP contribution in [0.2, 0.25) is 0 Å². The molecule has 430 valence electrons. The zero-order valence-corrected chi connectivity index (χ0v) is 51.2. The molecule has 13 rings (SSSR count). The van der Waals surface area contributed by atoms with Crippen molar-refractivity contribution in [3.05, 3.63) is 290 Å². The van der Waals surface area contributed by atoms with Crippen molar-refractivity contribution in [1.29, 1.82) is 0 Å². The largest absolute Gasteiger partial charge is 0.310 e. The fourth-order valence-corrected chi connectivity index (χ4v) is 14.7. The maximum Gasteiger partial charge on any atom is 0.0468 e. The quantitative estimate of drug-likeness (QED) is 0.0667. The van der Waals surface area contributed by atoms with Crippen LogP contribution in [-0.2, 0) is 5.41 Å². The first-order chi connectivity index (χ1) is 42.9. The van der Waals surface area contributed by atoms with E-state index in [9.17, 15) is 0 Å². The number of anilines is 6. The molecule has 0 N–H and O–H groups in total. The van der Waals surface area contributed by atoms with E-state index in [1.807, 2.05) is 0 Å². The van der Waals surface area contributed by atoms with Gasteiger partial charge < -0.3 is 9.80 Å². The van der Waals surface area contributed by atoms with E-state index in [2.05, 4.69) is 317 Å². The van der Waals surface area contributed by atoms with Gasteiger partial charge in [-0.3, -0.25) is 0 Å². The van der Waals surface area contributed by atoms with Crippen LogP contribution in [-0.4, -0.2) is 0 Å². The fraction of sp³-hybridized carbons (Fsp3) is 0.200. The molecule has 0 unspecified atom stereocenters. The number of hydrogen-bond donors (Lipinski definition) is 0. The van der Waals surface area contributed by atoms with Gasteiger partial charge in [-0.1, -0.05) is 273 Å². The highest BCUT2D eigenvalue weighted by molar-refractivity contribution is 5.92. The number of benzene rings is 12. The predicted octanol–water partition coefficient (Wildman–Crippen LogP) is 25.1. The van der Waals surface area contributed by atoms with Gasteiger partial charge in [0.25, 0.3) is 0 Å². The minimum atomic E-state index is -0.106. The average molecular weight is 1130 g/mol. The number of fused-ring (bicyclic) bond motifs is 5. The summed E-state index contributed by atoms with van der Waals surface area (Å²) in [6, 6.07) is 104. The molecule has 12 aromatic carbocycles. The molecule has 87 heavy (non-hydrogen) atoms. The minimum Gasteiger partial charge on any atom is -0.310 e. The molecule has 0 amide bonds. The Labute approximate surface area is 517 Å². The summed E-state index contributed by atoms with van der Waals surface area (Å²) in [6.45, 7) is 9.58. The third-order valence-electron chi connectivity index (χ3n) is 18.8. The van der Waals surface area contributed by atoms with Crippen LogP contribution >= 0.6 is 0 Å². The third kappa shape index (κ3) is 11.8. The molecular formula is C85H80N2. The van der Waals surface area contributed by atoms with Gasteiger partial charge in [0, 0.05) is 39.5 Å². The van der Waals surface area contributed by atoms with Gasteiger partial charge in [-0.2, -0.15) is 0 Å². The molecule has 0 aliphatic heterocycles. The molecule has 0 spiro atoms. The van der Waals surface area contributed by atoms with Gasteiger partial charge in [0.05, 0.1) is 0 Å². The van der Waals surface area contributed by atoms with Gasteiger partial charge in [0.2, 0.25) is 0 Å². The summed E-state index contributed by atoms with van der Waals surface area (Å²) in [6.07, 6.45) is 12.3. The third-order valence-corrected chi connectivity index (χ3v) is 18.8. The maximum atomic E-state index is 2.63. The van der Waals surface area contributed by atoms with Crippen molar-refractivity contribution in [1.82, 2.24) is 0 Å². The molecule has 0 radical (unpaired) electrons. The molecule has 0 fully saturated rings. The van der Waals surface area contributed by atoms with Crippen LogP contribution in [0.25, 0.3) is 77.2 Å². The van der Waals surface area contributed by atoms with E-state index in [1.165, 1.54) is 141 Å². The Balaban J connectivity index is 0.819. The van der Waals surface area contributed by atoms with Crippen LogP contribution in [0.15, 0.2) is 279 Å². The van der Waals surface area contributed by atoms with E-state index in [0.717, 1.165) is 34.1 Å². The first-order valence-corrected chi connectivity index (χ1v) is 32.3. The molecule has 2 nitrogen and oxygen atoms in total. The molecular weight excluding hydrogens is 1050 g/mol. The minimum absolute atomic E-state index is 0.106. The predicted molar refractivity (Wildman–Crippen MR) is 375 cm³/mol. The summed E-state index contributed by atoms with van der Waals surface area (Å²) in [5, 5.41) is 4.95. The van der Waals surface area contributed by atoms with E-state index in [0.29, 0.717) is 11.8 Å². The Bertz CT molecular complexity index is 3970. The topological polar surface area (TPSA) is 6.48 Å². The van der Waals surface area contributed by atoms with Crippen molar-refractivity contribution in [3.63, 3.8) is 0 Å². The van der Waals surface area contributed by atoms with Gasteiger partial charge in [0.1, 0.15) is 0 Å². The molecule has 1 aliphatic rings. The summed E-state index contributed by atoms with van der Waals surface area (Å²) < 4.78 is 0. The van der Waals surface area contributed by atoms with Gasteiger partial charge in [0.15, 0.2) is 0 Å².